The Kier molecular flexibility index (Phi) is 6.77. The number of benzene rings is 1. The Balaban J connectivity index is 2.57. The van der Waals surface area contributed by atoms with Crippen molar-refractivity contribution in [1.29, 1.82) is 0 Å². The lowest BCUT2D eigenvalue weighted by Crippen LogP contribution is -2.32. The van der Waals surface area contributed by atoms with Gasteiger partial charge in [-0.05, 0) is 44.0 Å². The van der Waals surface area contributed by atoms with Crippen LogP contribution in [0.4, 0.5) is 5.69 Å². The summed E-state index contributed by atoms with van der Waals surface area (Å²) in [7, 11) is 0. The number of carbonyl (C=O) groups is 2. The number of nitrogens with one attached hydrogen (secondary N) is 2. The molecule has 0 saturated carbocycles. The number of rotatable bonds is 7. The number of hydrogen-bond acceptors (Lipinski definition) is 2. The lowest BCUT2D eigenvalue weighted by Gasteiger charge is -2.13. The van der Waals surface area contributed by atoms with Gasteiger partial charge >= 0.3 is 0 Å². The standard InChI is InChI=1S/C16H24N2O2/c1-4-6-12(3)17-16(20)13-8-10-14(11-9-13)18-15(19)7-5-2/h8-12H,4-7H2,1-3H3,(H,17,20)(H,18,19)/t12-/m1/s1. The maximum atomic E-state index is 12.0. The van der Waals surface area contributed by atoms with E-state index in [1.165, 1.54) is 0 Å². The van der Waals surface area contributed by atoms with Crippen LogP contribution in [0.15, 0.2) is 24.3 Å². The molecule has 0 aliphatic heterocycles. The molecule has 0 heterocycles. The predicted octanol–water partition coefficient (Wildman–Crippen LogP) is 3.34. The Morgan fingerprint density at radius 2 is 1.75 bits per heavy atom. The molecule has 0 saturated heterocycles. The number of carbonyl (C=O) groups excluding carboxylic acids is 2. The van der Waals surface area contributed by atoms with Crippen molar-refractivity contribution in [3.05, 3.63) is 29.8 Å². The van der Waals surface area contributed by atoms with Crippen molar-refractivity contribution in [3.8, 4) is 0 Å². The SMILES string of the molecule is CCCC(=O)Nc1ccc(C(=O)N[C@H](C)CCC)cc1. The number of amides is 2. The Morgan fingerprint density at radius 1 is 1.10 bits per heavy atom. The number of anilines is 1. The summed E-state index contributed by atoms with van der Waals surface area (Å²) in [5.41, 5.74) is 1.34. The van der Waals surface area contributed by atoms with Gasteiger partial charge in [0.2, 0.25) is 5.91 Å². The summed E-state index contributed by atoms with van der Waals surface area (Å²) >= 11 is 0. The molecule has 1 aromatic carbocycles. The molecule has 0 unspecified atom stereocenters. The normalized spacial score (nSPS) is 11.8. The lowest BCUT2D eigenvalue weighted by molar-refractivity contribution is -0.116. The highest BCUT2D eigenvalue weighted by Crippen LogP contribution is 2.10. The van der Waals surface area contributed by atoms with Crippen LogP contribution in [0.5, 0.6) is 0 Å². The van der Waals surface area contributed by atoms with Gasteiger partial charge in [0.05, 0.1) is 0 Å². The molecule has 0 aliphatic rings. The summed E-state index contributed by atoms with van der Waals surface area (Å²) in [6, 6.07) is 7.15. The van der Waals surface area contributed by atoms with Crippen molar-refractivity contribution >= 4 is 17.5 Å². The summed E-state index contributed by atoms with van der Waals surface area (Å²) < 4.78 is 0. The van der Waals surface area contributed by atoms with Gasteiger partial charge in [-0.15, -0.1) is 0 Å². The average molecular weight is 276 g/mol. The number of hydrogen-bond donors (Lipinski definition) is 2. The molecule has 1 rings (SSSR count). The predicted molar refractivity (Wildman–Crippen MR) is 81.8 cm³/mol. The van der Waals surface area contributed by atoms with Crippen LogP contribution in [0.1, 0.15) is 56.8 Å². The maximum Gasteiger partial charge on any atom is 0.251 e. The average Bonchev–Trinajstić information content (AvgIpc) is 2.39. The molecule has 4 nitrogen and oxygen atoms in total. The van der Waals surface area contributed by atoms with Crippen molar-refractivity contribution in [2.45, 2.75) is 52.5 Å². The molecule has 110 valence electrons. The van der Waals surface area contributed by atoms with E-state index in [1.54, 1.807) is 24.3 Å². The Hall–Kier alpha value is -1.84. The van der Waals surface area contributed by atoms with Gasteiger partial charge in [-0.25, -0.2) is 0 Å². The van der Waals surface area contributed by atoms with Crippen molar-refractivity contribution in [2.75, 3.05) is 5.32 Å². The molecule has 2 N–H and O–H groups in total. The van der Waals surface area contributed by atoms with E-state index < -0.39 is 0 Å². The van der Waals surface area contributed by atoms with Crippen LogP contribution in [0.25, 0.3) is 0 Å². The van der Waals surface area contributed by atoms with Crippen molar-refractivity contribution in [3.63, 3.8) is 0 Å². The first-order valence-corrected chi connectivity index (χ1v) is 7.27. The van der Waals surface area contributed by atoms with Gasteiger partial charge in [-0.3, -0.25) is 9.59 Å². The smallest absolute Gasteiger partial charge is 0.251 e. The summed E-state index contributed by atoms with van der Waals surface area (Å²) in [6.45, 7) is 6.06. The zero-order chi connectivity index (χ0) is 15.0. The minimum absolute atomic E-state index is 0.00118. The molecular weight excluding hydrogens is 252 g/mol. The van der Waals surface area contributed by atoms with Crippen LogP contribution >= 0.6 is 0 Å². The third-order valence-electron chi connectivity index (χ3n) is 3.01. The molecule has 1 aromatic rings. The quantitative estimate of drug-likeness (QED) is 0.802. The zero-order valence-electron chi connectivity index (χ0n) is 12.5. The van der Waals surface area contributed by atoms with E-state index in [2.05, 4.69) is 17.6 Å². The fourth-order valence-corrected chi connectivity index (χ4v) is 1.97. The van der Waals surface area contributed by atoms with Crippen molar-refractivity contribution < 1.29 is 9.59 Å². The fraction of sp³-hybridized carbons (Fsp3) is 0.500. The molecule has 0 radical (unpaired) electrons. The van der Waals surface area contributed by atoms with Crippen LogP contribution in [0, 0.1) is 0 Å². The summed E-state index contributed by atoms with van der Waals surface area (Å²) in [4.78, 5) is 23.4. The van der Waals surface area contributed by atoms with Crippen LogP contribution in [0.2, 0.25) is 0 Å². The summed E-state index contributed by atoms with van der Waals surface area (Å²) in [5.74, 6) is -0.0707. The molecular formula is C16H24N2O2. The molecule has 20 heavy (non-hydrogen) atoms. The Morgan fingerprint density at radius 3 is 2.30 bits per heavy atom. The second-order valence-electron chi connectivity index (χ2n) is 5.04. The first-order valence-electron chi connectivity index (χ1n) is 7.27. The van der Waals surface area contributed by atoms with Crippen LogP contribution < -0.4 is 10.6 Å². The Labute approximate surface area is 121 Å². The molecule has 0 bridgehead atoms. The third kappa shape index (κ3) is 5.43. The van der Waals surface area contributed by atoms with Crippen molar-refractivity contribution in [1.82, 2.24) is 5.32 Å². The molecule has 4 heteroatoms. The van der Waals surface area contributed by atoms with E-state index in [1.807, 2.05) is 13.8 Å². The molecule has 2 amide bonds. The van der Waals surface area contributed by atoms with Gasteiger partial charge in [0.1, 0.15) is 0 Å². The van der Waals surface area contributed by atoms with Crippen LogP contribution in [-0.2, 0) is 4.79 Å². The maximum absolute atomic E-state index is 12.0. The van der Waals surface area contributed by atoms with E-state index in [4.69, 9.17) is 0 Å². The summed E-state index contributed by atoms with van der Waals surface area (Å²) in [6.07, 6.45) is 3.35. The van der Waals surface area contributed by atoms with E-state index in [0.717, 1.165) is 24.9 Å². The Bertz CT molecular complexity index is 440. The summed E-state index contributed by atoms with van der Waals surface area (Å²) in [5, 5.41) is 5.75. The van der Waals surface area contributed by atoms with E-state index in [-0.39, 0.29) is 17.9 Å². The van der Waals surface area contributed by atoms with Gasteiger partial charge in [0.25, 0.3) is 5.91 Å². The molecule has 1 atom stereocenters. The van der Waals surface area contributed by atoms with Gasteiger partial charge in [-0.2, -0.15) is 0 Å². The minimum Gasteiger partial charge on any atom is -0.350 e. The van der Waals surface area contributed by atoms with Gasteiger partial charge < -0.3 is 10.6 Å². The van der Waals surface area contributed by atoms with Crippen molar-refractivity contribution in [2.24, 2.45) is 0 Å². The second kappa shape index (κ2) is 8.35. The topological polar surface area (TPSA) is 58.2 Å². The van der Waals surface area contributed by atoms with E-state index in [9.17, 15) is 9.59 Å². The highest BCUT2D eigenvalue weighted by atomic mass is 16.2. The molecule has 0 aromatic heterocycles. The minimum atomic E-state index is -0.0719. The highest BCUT2D eigenvalue weighted by Gasteiger charge is 2.09. The van der Waals surface area contributed by atoms with Crippen LogP contribution in [-0.4, -0.2) is 17.9 Å². The van der Waals surface area contributed by atoms with E-state index in [0.29, 0.717) is 12.0 Å². The van der Waals surface area contributed by atoms with Gasteiger partial charge in [-0.1, -0.05) is 20.3 Å². The molecule has 0 spiro atoms. The first kappa shape index (κ1) is 16.2. The zero-order valence-corrected chi connectivity index (χ0v) is 12.5. The third-order valence-corrected chi connectivity index (χ3v) is 3.01. The van der Waals surface area contributed by atoms with Gasteiger partial charge in [0, 0.05) is 23.7 Å². The first-order chi connectivity index (χ1) is 9.56. The highest BCUT2D eigenvalue weighted by molar-refractivity contribution is 5.95. The van der Waals surface area contributed by atoms with E-state index >= 15 is 0 Å². The van der Waals surface area contributed by atoms with Gasteiger partial charge in [0.15, 0.2) is 0 Å². The van der Waals surface area contributed by atoms with Crippen LogP contribution in [0.3, 0.4) is 0 Å². The monoisotopic (exact) mass is 276 g/mol. The second-order valence-corrected chi connectivity index (χ2v) is 5.04. The fourth-order valence-electron chi connectivity index (χ4n) is 1.97. The molecule has 0 aliphatic carbocycles. The largest absolute Gasteiger partial charge is 0.350 e. The lowest BCUT2D eigenvalue weighted by atomic mass is 10.1. The molecule has 0 fully saturated rings.